The first kappa shape index (κ1) is 18.0. The molecular weight excluding hydrogens is 312 g/mol. The van der Waals surface area contributed by atoms with Crippen LogP contribution in [0.5, 0.6) is 0 Å². The second kappa shape index (κ2) is 7.02. The number of likely N-dealkylation sites (tertiary alicyclic amines) is 1. The highest BCUT2D eigenvalue weighted by Gasteiger charge is 2.53. The smallest absolute Gasteiger partial charge is 0.240 e. The van der Waals surface area contributed by atoms with Crippen molar-refractivity contribution in [3.05, 3.63) is 35.4 Å². The average molecular weight is 337 g/mol. The van der Waals surface area contributed by atoms with Gasteiger partial charge in [0.1, 0.15) is 0 Å². The van der Waals surface area contributed by atoms with E-state index in [1.807, 2.05) is 32.3 Å². The molecule has 0 radical (unpaired) electrons. The van der Waals surface area contributed by atoms with Crippen LogP contribution in [0.25, 0.3) is 0 Å². The van der Waals surface area contributed by atoms with Gasteiger partial charge in [-0.25, -0.2) is 0 Å². The van der Waals surface area contributed by atoms with E-state index < -0.39 is 5.41 Å². The molecule has 5 heteroatoms. The minimum absolute atomic E-state index is 0. The molecule has 4 nitrogen and oxygen atoms in total. The van der Waals surface area contributed by atoms with E-state index in [4.69, 9.17) is 0 Å². The number of fused-ring (bicyclic) bond motifs is 2. The molecule has 2 amide bonds. The molecule has 0 aromatic heterocycles. The number of amides is 2. The maximum Gasteiger partial charge on any atom is 0.240 e. The number of carbonyl (C=O) groups excluding carboxylic acids is 2. The third kappa shape index (κ3) is 3.15. The van der Waals surface area contributed by atoms with Crippen LogP contribution in [0.4, 0.5) is 0 Å². The van der Waals surface area contributed by atoms with Gasteiger partial charge >= 0.3 is 0 Å². The van der Waals surface area contributed by atoms with E-state index in [0.29, 0.717) is 13.0 Å². The van der Waals surface area contributed by atoms with Crippen LogP contribution in [0, 0.1) is 0 Å². The van der Waals surface area contributed by atoms with Crippen molar-refractivity contribution >= 4 is 24.2 Å². The molecule has 0 N–H and O–H groups in total. The summed E-state index contributed by atoms with van der Waals surface area (Å²) in [5.74, 6) is 0.0314. The van der Waals surface area contributed by atoms with Crippen molar-refractivity contribution in [3.8, 4) is 0 Å². The zero-order valence-electron chi connectivity index (χ0n) is 13.9. The minimum Gasteiger partial charge on any atom is -0.309 e. The van der Waals surface area contributed by atoms with Gasteiger partial charge in [0.15, 0.2) is 0 Å². The predicted octanol–water partition coefficient (Wildman–Crippen LogP) is 2.39. The normalized spacial score (nSPS) is 23.3. The number of hydrogen-bond donors (Lipinski definition) is 0. The fourth-order valence-corrected chi connectivity index (χ4v) is 3.90. The molecule has 1 aliphatic carbocycles. The molecule has 1 spiro atoms. The molecule has 1 saturated heterocycles. The van der Waals surface area contributed by atoms with Gasteiger partial charge in [0.25, 0.3) is 0 Å². The highest BCUT2D eigenvalue weighted by atomic mass is 35.5. The molecule has 1 aliphatic heterocycles. The van der Waals surface area contributed by atoms with Crippen molar-refractivity contribution in [2.75, 3.05) is 27.2 Å². The van der Waals surface area contributed by atoms with Gasteiger partial charge in [-0.3, -0.25) is 14.5 Å². The average Bonchev–Trinajstić information content (AvgIpc) is 2.72. The molecule has 1 fully saturated rings. The van der Waals surface area contributed by atoms with Crippen molar-refractivity contribution in [1.82, 2.24) is 9.80 Å². The maximum absolute atomic E-state index is 13.0. The van der Waals surface area contributed by atoms with E-state index in [0.717, 1.165) is 37.8 Å². The zero-order valence-corrected chi connectivity index (χ0v) is 14.7. The van der Waals surface area contributed by atoms with Gasteiger partial charge in [0.2, 0.25) is 11.8 Å². The number of rotatable bonds is 4. The molecule has 1 aromatic rings. The third-order valence-electron chi connectivity index (χ3n) is 4.98. The lowest BCUT2D eigenvalue weighted by Crippen LogP contribution is -2.41. The van der Waals surface area contributed by atoms with Gasteiger partial charge in [0, 0.05) is 13.0 Å². The second-order valence-electron chi connectivity index (χ2n) is 6.78. The van der Waals surface area contributed by atoms with E-state index in [1.165, 1.54) is 10.5 Å². The number of carbonyl (C=O) groups is 2. The summed E-state index contributed by atoms with van der Waals surface area (Å²) in [6, 6.07) is 8.15. The first-order valence-corrected chi connectivity index (χ1v) is 8.12. The van der Waals surface area contributed by atoms with E-state index in [9.17, 15) is 9.59 Å². The number of imide groups is 1. The van der Waals surface area contributed by atoms with E-state index in [2.05, 4.69) is 11.0 Å². The third-order valence-corrected chi connectivity index (χ3v) is 4.98. The van der Waals surface area contributed by atoms with E-state index in [-0.39, 0.29) is 24.2 Å². The van der Waals surface area contributed by atoms with Crippen LogP contribution in [0.3, 0.4) is 0 Å². The molecular formula is C18H25ClN2O2. The number of nitrogens with zero attached hydrogens (tertiary/aromatic N) is 2. The fraction of sp³-hybridized carbons (Fsp3) is 0.556. The van der Waals surface area contributed by atoms with Crippen LogP contribution in [0.2, 0.25) is 0 Å². The Labute approximate surface area is 144 Å². The maximum atomic E-state index is 13.0. The Morgan fingerprint density at radius 2 is 1.96 bits per heavy atom. The van der Waals surface area contributed by atoms with Crippen LogP contribution in [0.1, 0.15) is 36.8 Å². The van der Waals surface area contributed by atoms with Crippen molar-refractivity contribution in [2.24, 2.45) is 0 Å². The highest BCUT2D eigenvalue weighted by molar-refractivity contribution is 6.09. The van der Waals surface area contributed by atoms with Gasteiger partial charge in [-0.2, -0.15) is 0 Å². The quantitative estimate of drug-likeness (QED) is 0.793. The Hall–Kier alpha value is -1.39. The van der Waals surface area contributed by atoms with Crippen LogP contribution >= 0.6 is 12.4 Å². The molecule has 1 unspecified atom stereocenters. The van der Waals surface area contributed by atoms with Crippen molar-refractivity contribution in [3.63, 3.8) is 0 Å². The summed E-state index contributed by atoms with van der Waals surface area (Å²) in [6.07, 6.45) is 3.99. The van der Waals surface area contributed by atoms with Crippen LogP contribution in [-0.4, -0.2) is 48.8 Å². The van der Waals surface area contributed by atoms with Crippen LogP contribution in [0.15, 0.2) is 24.3 Å². The van der Waals surface area contributed by atoms with Crippen molar-refractivity contribution < 1.29 is 9.59 Å². The Balaban J connectivity index is 0.00000192. The lowest BCUT2D eigenvalue weighted by molar-refractivity contribution is -0.140. The second-order valence-corrected chi connectivity index (χ2v) is 6.78. The monoisotopic (exact) mass is 336 g/mol. The summed E-state index contributed by atoms with van der Waals surface area (Å²) in [6.45, 7) is 1.43. The molecule has 1 atom stereocenters. The van der Waals surface area contributed by atoms with Gasteiger partial charge < -0.3 is 4.90 Å². The summed E-state index contributed by atoms with van der Waals surface area (Å²) >= 11 is 0. The lowest BCUT2D eigenvalue weighted by Gasteiger charge is -2.33. The number of hydrogen-bond acceptors (Lipinski definition) is 3. The van der Waals surface area contributed by atoms with Crippen molar-refractivity contribution in [2.45, 2.75) is 37.5 Å². The topological polar surface area (TPSA) is 40.6 Å². The number of aryl methyl sites for hydroxylation is 1. The lowest BCUT2D eigenvalue weighted by atomic mass is 9.69. The Kier molecular flexibility index (Phi) is 5.48. The van der Waals surface area contributed by atoms with Gasteiger partial charge in [-0.05, 0) is 57.5 Å². The summed E-state index contributed by atoms with van der Waals surface area (Å²) in [5.41, 5.74) is 1.75. The first-order chi connectivity index (χ1) is 10.5. The fourth-order valence-electron chi connectivity index (χ4n) is 3.90. The van der Waals surface area contributed by atoms with E-state index >= 15 is 0 Å². The van der Waals surface area contributed by atoms with Gasteiger partial charge in [0.05, 0.1) is 5.41 Å². The van der Waals surface area contributed by atoms with Crippen LogP contribution < -0.4 is 0 Å². The molecule has 2 aliphatic rings. The molecule has 0 bridgehead atoms. The Bertz CT molecular complexity index is 602. The minimum atomic E-state index is -0.579. The molecule has 1 heterocycles. The summed E-state index contributed by atoms with van der Waals surface area (Å²) in [4.78, 5) is 29.0. The molecule has 126 valence electrons. The Morgan fingerprint density at radius 1 is 1.22 bits per heavy atom. The molecule has 23 heavy (non-hydrogen) atoms. The zero-order chi connectivity index (χ0) is 15.7. The number of benzene rings is 1. The van der Waals surface area contributed by atoms with Crippen LogP contribution in [-0.2, 0) is 21.4 Å². The summed E-state index contributed by atoms with van der Waals surface area (Å²) < 4.78 is 0. The number of halogens is 1. The largest absolute Gasteiger partial charge is 0.309 e. The predicted molar refractivity (Wildman–Crippen MR) is 92.8 cm³/mol. The summed E-state index contributed by atoms with van der Waals surface area (Å²) in [7, 11) is 4.01. The molecule has 1 aromatic carbocycles. The first-order valence-electron chi connectivity index (χ1n) is 8.12. The highest BCUT2D eigenvalue weighted by Crippen LogP contribution is 2.45. The van der Waals surface area contributed by atoms with Gasteiger partial charge in [-0.1, -0.05) is 24.3 Å². The molecule has 3 rings (SSSR count). The van der Waals surface area contributed by atoms with Crippen molar-refractivity contribution in [1.29, 1.82) is 0 Å². The summed E-state index contributed by atoms with van der Waals surface area (Å²) in [5, 5.41) is 0. The van der Waals surface area contributed by atoms with E-state index in [1.54, 1.807) is 0 Å². The standard InChI is InChI=1S/C18H24N2O2.ClH/c1-19(2)11-6-12-20-16(21)13-18(17(20)22)10-5-8-14-7-3-4-9-15(14)18;/h3-4,7,9H,5-6,8,10-13H2,1-2H3;1H. The Morgan fingerprint density at radius 3 is 2.70 bits per heavy atom. The SMILES string of the molecule is CN(C)CCCN1C(=O)CC2(CCCc3ccccc32)C1=O.Cl. The molecule has 0 saturated carbocycles. The van der Waals surface area contributed by atoms with Gasteiger partial charge in [-0.15, -0.1) is 12.4 Å².